The van der Waals surface area contributed by atoms with Crippen LogP contribution in [0.2, 0.25) is 0 Å². The van der Waals surface area contributed by atoms with E-state index in [0.29, 0.717) is 6.42 Å². The van der Waals surface area contributed by atoms with Crippen molar-refractivity contribution in [2.24, 2.45) is 0 Å². The van der Waals surface area contributed by atoms with Crippen molar-refractivity contribution in [2.45, 2.75) is 18.9 Å². The fourth-order valence-corrected chi connectivity index (χ4v) is 1.65. The molecule has 0 heterocycles. The van der Waals surface area contributed by atoms with Crippen LogP contribution < -0.4 is 5.32 Å². The molecule has 0 aliphatic heterocycles. The molecule has 0 spiro atoms. The van der Waals surface area contributed by atoms with Gasteiger partial charge in [0.05, 0.1) is 0 Å². The van der Waals surface area contributed by atoms with Crippen LogP contribution in [0.1, 0.15) is 24.4 Å². The van der Waals surface area contributed by atoms with E-state index in [9.17, 15) is 22.0 Å². The summed E-state index contributed by atoms with van der Waals surface area (Å²) in [6, 6.07) is -0.965. The van der Waals surface area contributed by atoms with Gasteiger partial charge >= 0.3 is 0 Å². The molecular weight excluding hydrogens is 253 g/mol. The largest absolute Gasteiger partial charge is 0.313 e. The molecule has 0 fully saturated rings. The molecule has 100 valence electrons. The van der Waals surface area contributed by atoms with Gasteiger partial charge in [0.15, 0.2) is 23.3 Å². The Kier molecular flexibility index (Phi) is 4.84. The molecule has 6 heteroatoms. The highest BCUT2D eigenvalue weighted by molar-refractivity contribution is 5.27. The van der Waals surface area contributed by atoms with Gasteiger partial charge in [0.2, 0.25) is 5.82 Å². The monoisotopic (exact) mass is 265 g/mol. The maximum Gasteiger partial charge on any atom is 0.200 e. The van der Waals surface area contributed by atoms with Gasteiger partial charge in [-0.1, -0.05) is 6.08 Å². The Balaban J connectivity index is 3.34. The molecule has 0 saturated heterocycles. The van der Waals surface area contributed by atoms with Gasteiger partial charge in [-0.3, -0.25) is 0 Å². The lowest BCUT2D eigenvalue weighted by Crippen LogP contribution is -2.21. The normalized spacial score (nSPS) is 12.6. The number of rotatable bonds is 5. The minimum atomic E-state index is -2.15. The second-order valence-corrected chi connectivity index (χ2v) is 3.69. The van der Waals surface area contributed by atoms with E-state index in [-0.39, 0.29) is 6.42 Å². The zero-order valence-corrected chi connectivity index (χ0v) is 9.67. The molecule has 0 aromatic heterocycles. The summed E-state index contributed by atoms with van der Waals surface area (Å²) < 4.78 is 65.8. The van der Waals surface area contributed by atoms with Crippen LogP contribution in [0, 0.1) is 29.1 Å². The zero-order valence-electron chi connectivity index (χ0n) is 9.67. The molecule has 1 nitrogen and oxygen atoms in total. The Bertz CT molecular complexity index is 429. The highest BCUT2D eigenvalue weighted by Gasteiger charge is 2.29. The maximum absolute atomic E-state index is 13.5. The summed E-state index contributed by atoms with van der Waals surface area (Å²) in [5.41, 5.74) is -0.837. The van der Waals surface area contributed by atoms with E-state index in [1.165, 1.54) is 13.1 Å². The van der Waals surface area contributed by atoms with E-state index in [1.54, 1.807) is 0 Å². The zero-order chi connectivity index (χ0) is 13.9. The Morgan fingerprint density at radius 3 is 1.83 bits per heavy atom. The summed E-state index contributed by atoms with van der Waals surface area (Å²) >= 11 is 0. The summed E-state index contributed by atoms with van der Waals surface area (Å²) in [6.07, 6.45) is 2.06. The van der Waals surface area contributed by atoms with Crippen LogP contribution >= 0.6 is 0 Å². The van der Waals surface area contributed by atoms with Gasteiger partial charge in [-0.05, 0) is 19.9 Å². The molecule has 0 bridgehead atoms. The van der Waals surface area contributed by atoms with E-state index >= 15 is 0 Å². The number of benzene rings is 1. The predicted molar refractivity (Wildman–Crippen MR) is 57.5 cm³/mol. The van der Waals surface area contributed by atoms with Crippen molar-refractivity contribution in [3.63, 3.8) is 0 Å². The average molecular weight is 265 g/mol. The van der Waals surface area contributed by atoms with E-state index in [4.69, 9.17) is 0 Å². The van der Waals surface area contributed by atoms with Gasteiger partial charge in [0.25, 0.3) is 0 Å². The van der Waals surface area contributed by atoms with Gasteiger partial charge < -0.3 is 5.32 Å². The third-order valence-corrected chi connectivity index (χ3v) is 2.60. The molecule has 0 amide bonds. The fraction of sp³-hybridized carbons (Fsp3) is 0.333. The van der Waals surface area contributed by atoms with Crippen LogP contribution in [0.15, 0.2) is 12.7 Å². The lowest BCUT2D eigenvalue weighted by atomic mass is 10.00. The van der Waals surface area contributed by atoms with Crippen LogP contribution in [-0.2, 0) is 0 Å². The van der Waals surface area contributed by atoms with Crippen molar-refractivity contribution in [3.05, 3.63) is 47.3 Å². The number of hydrogen-bond acceptors (Lipinski definition) is 1. The molecule has 1 aromatic rings. The molecule has 0 radical (unpaired) electrons. The van der Waals surface area contributed by atoms with Gasteiger partial charge in [-0.15, -0.1) is 6.58 Å². The lowest BCUT2D eigenvalue weighted by Gasteiger charge is -2.18. The van der Waals surface area contributed by atoms with Crippen LogP contribution in [0.25, 0.3) is 0 Å². The lowest BCUT2D eigenvalue weighted by molar-refractivity contribution is 0.356. The first kappa shape index (κ1) is 14.6. The predicted octanol–water partition coefficient (Wildman–Crippen LogP) is 3.61. The second-order valence-electron chi connectivity index (χ2n) is 3.69. The van der Waals surface area contributed by atoms with Crippen LogP contribution in [-0.4, -0.2) is 7.05 Å². The van der Waals surface area contributed by atoms with Gasteiger partial charge in [0, 0.05) is 11.6 Å². The smallest absolute Gasteiger partial charge is 0.200 e. The van der Waals surface area contributed by atoms with Crippen molar-refractivity contribution < 1.29 is 22.0 Å². The number of hydrogen-bond donors (Lipinski definition) is 1. The number of halogens is 5. The molecular formula is C12H12F5N. The second kappa shape index (κ2) is 5.95. The molecule has 0 aliphatic rings. The molecule has 1 rings (SSSR count). The summed E-state index contributed by atoms with van der Waals surface area (Å²) in [5, 5.41) is 2.53. The molecule has 1 atom stereocenters. The van der Waals surface area contributed by atoms with E-state index < -0.39 is 40.7 Å². The summed E-state index contributed by atoms with van der Waals surface area (Å²) in [6.45, 7) is 3.43. The molecule has 18 heavy (non-hydrogen) atoms. The highest BCUT2D eigenvalue weighted by atomic mass is 19.2. The van der Waals surface area contributed by atoms with Gasteiger partial charge in [-0.2, -0.15) is 0 Å². The van der Waals surface area contributed by atoms with Crippen molar-refractivity contribution in [1.29, 1.82) is 0 Å². The summed E-state index contributed by atoms with van der Waals surface area (Å²) in [5.74, 6) is -9.59. The Hall–Kier alpha value is -1.43. The highest BCUT2D eigenvalue weighted by Crippen LogP contribution is 2.29. The number of nitrogens with one attached hydrogen (secondary N) is 1. The summed E-state index contributed by atoms with van der Waals surface area (Å²) in [4.78, 5) is 0. The quantitative estimate of drug-likeness (QED) is 0.371. The van der Waals surface area contributed by atoms with E-state index in [0.717, 1.165) is 0 Å². The third-order valence-electron chi connectivity index (χ3n) is 2.60. The third kappa shape index (κ3) is 2.53. The first-order valence-corrected chi connectivity index (χ1v) is 5.25. The van der Waals surface area contributed by atoms with Crippen molar-refractivity contribution in [2.75, 3.05) is 7.05 Å². The molecule has 1 N–H and O–H groups in total. The van der Waals surface area contributed by atoms with Crippen LogP contribution in [0.5, 0.6) is 0 Å². The van der Waals surface area contributed by atoms with Gasteiger partial charge in [0.1, 0.15) is 0 Å². The SMILES string of the molecule is C=CCCC(NC)c1c(F)c(F)c(F)c(F)c1F. The van der Waals surface area contributed by atoms with Gasteiger partial charge in [-0.25, -0.2) is 22.0 Å². The number of allylic oxidation sites excluding steroid dienone is 1. The van der Waals surface area contributed by atoms with E-state index in [2.05, 4.69) is 11.9 Å². The van der Waals surface area contributed by atoms with E-state index in [1.807, 2.05) is 0 Å². The first-order chi connectivity index (χ1) is 8.45. The Morgan fingerprint density at radius 1 is 1.00 bits per heavy atom. The summed E-state index contributed by atoms with van der Waals surface area (Å²) in [7, 11) is 1.38. The van der Waals surface area contributed by atoms with Crippen LogP contribution in [0.4, 0.5) is 22.0 Å². The maximum atomic E-state index is 13.5. The minimum Gasteiger partial charge on any atom is -0.313 e. The standard InChI is InChI=1S/C12H12F5N/c1-3-4-5-6(18-2)7-8(13)10(15)12(17)11(16)9(7)14/h3,6,18H,1,4-5H2,2H3. The first-order valence-electron chi connectivity index (χ1n) is 5.25. The van der Waals surface area contributed by atoms with Crippen molar-refractivity contribution in [1.82, 2.24) is 5.32 Å². The van der Waals surface area contributed by atoms with Crippen LogP contribution in [0.3, 0.4) is 0 Å². The molecule has 0 aliphatic carbocycles. The van der Waals surface area contributed by atoms with Crippen molar-refractivity contribution in [3.8, 4) is 0 Å². The minimum absolute atomic E-state index is 0.179. The fourth-order valence-electron chi connectivity index (χ4n) is 1.65. The van der Waals surface area contributed by atoms with Crippen molar-refractivity contribution >= 4 is 0 Å². The Labute approximate surface area is 101 Å². The molecule has 1 aromatic carbocycles. The molecule has 1 unspecified atom stereocenters. The average Bonchev–Trinajstić information content (AvgIpc) is 2.38. The molecule has 0 saturated carbocycles. The topological polar surface area (TPSA) is 12.0 Å². The Morgan fingerprint density at radius 2 is 1.44 bits per heavy atom.